The van der Waals surface area contributed by atoms with E-state index in [1.54, 1.807) is 7.11 Å². The monoisotopic (exact) mass is 364 g/mol. The summed E-state index contributed by atoms with van der Waals surface area (Å²) in [5, 5.41) is 9.01. The van der Waals surface area contributed by atoms with E-state index < -0.39 is 0 Å². The van der Waals surface area contributed by atoms with Crippen LogP contribution in [0.5, 0.6) is 0 Å². The molecule has 1 N–H and O–H groups in total. The second-order valence-electron chi connectivity index (χ2n) is 6.35. The van der Waals surface area contributed by atoms with Gasteiger partial charge in [0, 0.05) is 12.9 Å². The van der Waals surface area contributed by atoms with E-state index in [1.165, 1.54) is 88.6 Å². The Hall–Kier alpha value is 0.620. The van der Waals surface area contributed by atoms with Crippen LogP contribution in [0.2, 0.25) is 0 Å². The van der Waals surface area contributed by atoms with Crippen LogP contribution in [0.15, 0.2) is 0 Å². The molecule has 0 aliphatic carbocycles. The molecule has 0 fully saturated rings. The van der Waals surface area contributed by atoms with Gasteiger partial charge >= 0.3 is 0 Å². The van der Waals surface area contributed by atoms with Crippen molar-refractivity contribution in [1.82, 2.24) is 0 Å². The number of ether oxygens (including phenoxy) is 1. The third-order valence-corrected chi connectivity index (χ3v) is 6.11. The van der Waals surface area contributed by atoms with Gasteiger partial charge in [-0.1, -0.05) is 64.2 Å². The smallest absolute Gasteiger partial charge is 0.0892 e. The van der Waals surface area contributed by atoms with Crippen LogP contribution >= 0.6 is 23.5 Å². The predicted octanol–water partition coefficient (Wildman–Crippen LogP) is 5.77. The molecule has 1 unspecified atom stereocenters. The van der Waals surface area contributed by atoms with E-state index in [-0.39, 0.29) is 12.7 Å². The van der Waals surface area contributed by atoms with Crippen LogP contribution in [0.1, 0.15) is 77.0 Å². The molecule has 0 amide bonds. The Morgan fingerprint density at radius 1 is 0.739 bits per heavy atom. The molecule has 1 atom stereocenters. The summed E-state index contributed by atoms with van der Waals surface area (Å²) >= 11 is 3.88. The number of unbranched alkanes of at least 4 members (excludes halogenated alkanes) is 11. The highest BCUT2D eigenvalue weighted by Gasteiger charge is 2.04. The highest BCUT2D eigenvalue weighted by Crippen LogP contribution is 2.14. The topological polar surface area (TPSA) is 29.5 Å². The number of aliphatic hydroxyl groups excluding tert-OH is 1. The van der Waals surface area contributed by atoms with Crippen molar-refractivity contribution in [1.29, 1.82) is 0 Å². The summed E-state index contributed by atoms with van der Waals surface area (Å²) in [6.07, 6.45) is 19.2. The van der Waals surface area contributed by atoms with Gasteiger partial charge in [-0.05, 0) is 30.6 Å². The van der Waals surface area contributed by atoms with Crippen molar-refractivity contribution in [3.63, 3.8) is 0 Å². The van der Waals surface area contributed by atoms with Gasteiger partial charge in [-0.15, -0.1) is 0 Å². The van der Waals surface area contributed by atoms with Gasteiger partial charge in [0.15, 0.2) is 0 Å². The van der Waals surface area contributed by atoms with Gasteiger partial charge < -0.3 is 9.84 Å². The second kappa shape index (κ2) is 20.7. The third-order valence-electron chi connectivity index (χ3n) is 4.23. The molecule has 140 valence electrons. The first-order chi connectivity index (χ1) is 11.3. The maximum absolute atomic E-state index is 9.01. The molecule has 0 rings (SSSR count). The quantitative estimate of drug-likeness (QED) is 0.295. The van der Waals surface area contributed by atoms with E-state index in [0.29, 0.717) is 0 Å². The molecule has 0 bridgehead atoms. The molecule has 0 aromatic rings. The molecule has 0 aliphatic heterocycles. The summed E-state index contributed by atoms with van der Waals surface area (Å²) in [4.78, 5) is 0. The zero-order valence-electron chi connectivity index (χ0n) is 15.6. The molecule has 0 spiro atoms. The van der Waals surface area contributed by atoms with E-state index in [9.17, 15) is 0 Å². The van der Waals surface area contributed by atoms with Crippen molar-refractivity contribution in [3.05, 3.63) is 0 Å². The van der Waals surface area contributed by atoms with E-state index >= 15 is 0 Å². The minimum Gasteiger partial charge on any atom is -0.394 e. The summed E-state index contributed by atoms with van der Waals surface area (Å²) < 4.78 is 5.15. The molecule has 0 saturated heterocycles. The maximum Gasteiger partial charge on any atom is 0.0892 e. The second-order valence-corrected chi connectivity index (χ2v) is 8.49. The Kier molecular flexibility index (Phi) is 21.2. The number of aliphatic hydroxyl groups is 1. The van der Waals surface area contributed by atoms with Gasteiger partial charge in [-0.2, -0.15) is 23.5 Å². The average Bonchev–Trinajstić information content (AvgIpc) is 2.58. The van der Waals surface area contributed by atoms with Crippen molar-refractivity contribution < 1.29 is 9.84 Å². The lowest BCUT2D eigenvalue weighted by atomic mass is 10.1. The van der Waals surface area contributed by atoms with Gasteiger partial charge in [0.25, 0.3) is 0 Å². The molecule has 0 radical (unpaired) electrons. The van der Waals surface area contributed by atoms with E-state index in [2.05, 4.69) is 6.26 Å². The van der Waals surface area contributed by atoms with Crippen LogP contribution in [0.25, 0.3) is 0 Å². The molecule has 23 heavy (non-hydrogen) atoms. The highest BCUT2D eigenvalue weighted by molar-refractivity contribution is 7.99. The van der Waals surface area contributed by atoms with Crippen molar-refractivity contribution in [2.45, 2.75) is 83.2 Å². The standard InChI is InChI=1S/C19H40O2S2/c1-21-19(17-20)18-23-16-14-12-10-8-6-4-3-5-7-9-11-13-15-22-2/h19-20H,3-18H2,1-2H3. The molecular weight excluding hydrogens is 324 g/mol. The number of hydrogen-bond acceptors (Lipinski definition) is 4. The molecule has 0 aromatic carbocycles. The Bertz CT molecular complexity index is 212. The average molecular weight is 365 g/mol. The Labute approximate surface area is 153 Å². The minimum atomic E-state index is 0.0190. The number of methoxy groups -OCH3 is 1. The van der Waals surface area contributed by atoms with Gasteiger partial charge in [-0.3, -0.25) is 0 Å². The maximum atomic E-state index is 9.01. The Balaban J connectivity index is 3.02. The van der Waals surface area contributed by atoms with Gasteiger partial charge in [0.2, 0.25) is 0 Å². The summed E-state index contributed by atoms with van der Waals surface area (Å²) in [7, 11) is 1.67. The lowest BCUT2D eigenvalue weighted by Gasteiger charge is -2.11. The SMILES string of the molecule is COC(CO)CSCCCCCCCCCCCCCCSC. The van der Waals surface area contributed by atoms with Crippen LogP contribution in [0.3, 0.4) is 0 Å². The lowest BCUT2D eigenvalue weighted by molar-refractivity contribution is 0.0656. The van der Waals surface area contributed by atoms with E-state index in [4.69, 9.17) is 9.84 Å². The predicted molar refractivity (Wildman–Crippen MR) is 109 cm³/mol. The molecule has 0 heterocycles. The van der Waals surface area contributed by atoms with Crippen molar-refractivity contribution >= 4 is 23.5 Å². The Morgan fingerprint density at radius 2 is 1.17 bits per heavy atom. The van der Waals surface area contributed by atoms with Gasteiger partial charge in [0.1, 0.15) is 0 Å². The fraction of sp³-hybridized carbons (Fsp3) is 1.00. The normalized spacial score (nSPS) is 12.7. The van der Waals surface area contributed by atoms with Gasteiger partial charge in [0.05, 0.1) is 12.7 Å². The number of rotatable bonds is 19. The largest absolute Gasteiger partial charge is 0.394 e. The van der Waals surface area contributed by atoms with Crippen LogP contribution in [-0.4, -0.2) is 48.4 Å². The van der Waals surface area contributed by atoms with Crippen LogP contribution in [0, 0.1) is 0 Å². The van der Waals surface area contributed by atoms with Crippen molar-refractivity contribution in [2.24, 2.45) is 0 Å². The first-order valence-corrected chi connectivity index (χ1v) is 12.1. The van der Waals surface area contributed by atoms with Crippen LogP contribution < -0.4 is 0 Å². The summed E-state index contributed by atoms with van der Waals surface area (Å²) in [6.45, 7) is 0.140. The van der Waals surface area contributed by atoms with Crippen LogP contribution in [-0.2, 0) is 4.74 Å². The zero-order chi connectivity index (χ0) is 17.0. The van der Waals surface area contributed by atoms with E-state index in [1.807, 2.05) is 23.5 Å². The lowest BCUT2D eigenvalue weighted by Crippen LogP contribution is -2.18. The zero-order valence-corrected chi connectivity index (χ0v) is 17.2. The van der Waals surface area contributed by atoms with Crippen LogP contribution in [0.4, 0.5) is 0 Å². The highest BCUT2D eigenvalue weighted by atomic mass is 32.2. The van der Waals surface area contributed by atoms with Gasteiger partial charge in [-0.25, -0.2) is 0 Å². The fourth-order valence-electron chi connectivity index (χ4n) is 2.63. The molecular formula is C19H40O2S2. The molecule has 0 aromatic heterocycles. The summed E-state index contributed by atoms with van der Waals surface area (Å²) in [5.74, 6) is 3.47. The molecule has 0 aliphatic rings. The molecule has 0 saturated carbocycles. The summed E-state index contributed by atoms with van der Waals surface area (Å²) in [6, 6.07) is 0. The summed E-state index contributed by atoms with van der Waals surface area (Å²) in [5.41, 5.74) is 0. The van der Waals surface area contributed by atoms with E-state index in [0.717, 1.165) is 5.75 Å². The van der Waals surface area contributed by atoms with Crippen molar-refractivity contribution in [2.75, 3.05) is 37.2 Å². The Morgan fingerprint density at radius 3 is 1.57 bits per heavy atom. The van der Waals surface area contributed by atoms with Crippen molar-refractivity contribution in [3.8, 4) is 0 Å². The number of hydrogen-bond donors (Lipinski definition) is 1. The fourth-order valence-corrected chi connectivity index (χ4v) is 4.20. The molecule has 4 heteroatoms. The minimum absolute atomic E-state index is 0.0190. The molecule has 2 nitrogen and oxygen atoms in total. The first-order valence-electron chi connectivity index (χ1n) is 9.55. The third kappa shape index (κ3) is 18.8. The first kappa shape index (κ1) is 23.6. The number of thioether (sulfide) groups is 2.